The number of hydrogen-bond acceptors (Lipinski definition) is 9. The van der Waals surface area contributed by atoms with Crippen LogP contribution in [-0.2, 0) is 4.74 Å². The third-order valence-electron chi connectivity index (χ3n) is 5.25. The van der Waals surface area contributed by atoms with Gasteiger partial charge in [0, 0.05) is 6.07 Å². The maximum absolute atomic E-state index is 12.8. The van der Waals surface area contributed by atoms with Crippen LogP contribution in [0, 0.1) is 0 Å². The molecule has 1 fully saturated rings. The first-order chi connectivity index (χ1) is 14.9. The summed E-state index contributed by atoms with van der Waals surface area (Å²) in [6, 6.07) is 11.4. The molecule has 2 aromatic carbocycles. The molecule has 1 aliphatic heterocycles. The summed E-state index contributed by atoms with van der Waals surface area (Å²) < 4.78 is 21.6. The highest BCUT2D eigenvalue weighted by Gasteiger charge is 2.44. The molecule has 1 saturated heterocycles. The number of methoxy groups -OCH3 is 1. The molecule has 0 unspecified atom stereocenters. The molecule has 2 heterocycles. The van der Waals surface area contributed by atoms with Crippen LogP contribution in [0.3, 0.4) is 0 Å². The van der Waals surface area contributed by atoms with Crippen LogP contribution in [-0.4, -0.2) is 64.8 Å². The summed E-state index contributed by atoms with van der Waals surface area (Å²) in [5.74, 6) is 0.876. The molecule has 0 amide bonds. The van der Waals surface area contributed by atoms with E-state index in [4.69, 9.17) is 18.6 Å². The lowest BCUT2D eigenvalue weighted by molar-refractivity contribution is -0.277. The van der Waals surface area contributed by atoms with Crippen molar-refractivity contribution in [2.45, 2.75) is 30.7 Å². The third-order valence-corrected chi connectivity index (χ3v) is 5.25. The lowest BCUT2D eigenvalue weighted by Crippen LogP contribution is -2.60. The van der Waals surface area contributed by atoms with Crippen molar-refractivity contribution in [1.82, 2.24) is 0 Å². The Morgan fingerprint density at radius 1 is 0.968 bits per heavy atom. The fourth-order valence-corrected chi connectivity index (χ4v) is 3.45. The molecular weight excluding hydrogens is 408 g/mol. The molecular formula is C22H22O9. The second kappa shape index (κ2) is 8.66. The molecule has 31 heavy (non-hydrogen) atoms. The molecule has 4 rings (SSSR count). The van der Waals surface area contributed by atoms with Crippen molar-refractivity contribution < 1.29 is 39.1 Å². The molecule has 1 aromatic heterocycles. The Hall–Kier alpha value is -2.95. The number of rotatable bonds is 5. The van der Waals surface area contributed by atoms with Crippen LogP contribution in [0.4, 0.5) is 0 Å². The smallest absolute Gasteiger partial charge is 0.229 e. The third kappa shape index (κ3) is 4.01. The fourth-order valence-electron chi connectivity index (χ4n) is 3.45. The second-order valence-electron chi connectivity index (χ2n) is 7.18. The van der Waals surface area contributed by atoms with Gasteiger partial charge in [-0.05, 0) is 29.8 Å². The molecule has 0 aliphatic carbocycles. The number of hydrogen-bond donors (Lipinski definition) is 4. The molecule has 0 saturated carbocycles. The van der Waals surface area contributed by atoms with Gasteiger partial charge in [0.1, 0.15) is 47.8 Å². The standard InChI is InChI=1S/C22H22O9/c1-28-13-6-7-14-16(8-13)29-10-15(18(14)24)11-2-4-12(5-3-11)30-22-21(27)20(26)19(25)17(9-23)31-22/h2-8,10,17,19-23,25-27H,9H2,1H3/t17-,19-,20+,21-,22-/m1/s1. The average Bonchev–Trinajstić information content (AvgIpc) is 2.80. The molecule has 4 N–H and O–H groups in total. The van der Waals surface area contributed by atoms with E-state index >= 15 is 0 Å². The van der Waals surface area contributed by atoms with Crippen LogP contribution in [0.1, 0.15) is 0 Å². The van der Waals surface area contributed by atoms with E-state index in [1.165, 1.54) is 13.4 Å². The average molecular weight is 430 g/mol. The first-order valence-electron chi connectivity index (χ1n) is 9.60. The molecule has 0 radical (unpaired) electrons. The zero-order valence-corrected chi connectivity index (χ0v) is 16.5. The number of aliphatic hydroxyl groups is 4. The maximum atomic E-state index is 12.8. The van der Waals surface area contributed by atoms with Crippen molar-refractivity contribution >= 4 is 11.0 Å². The SMILES string of the molecule is COc1ccc2c(=O)c(-c3ccc(O[C@@H]4O[C@H](CO)[C@@H](O)[C@H](O)[C@H]4O)cc3)coc2c1. The Bertz CT molecular complexity index is 1110. The Balaban J connectivity index is 1.56. The molecule has 164 valence electrons. The van der Waals surface area contributed by atoms with Crippen molar-refractivity contribution in [3.63, 3.8) is 0 Å². The highest BCUT2D eigenvalue weighted by atomic mass is 16.7. The van der Waals surface area contributed by atoms with E-state index in [9.17, 15) is 25.2 Å². The molecule has 9 nitrogen and oxygen atoms in total. The molecule has 9 heteroatoms. The van der Waals surface area contributed by atoms with E-state index in [2.05, 4.69) is 0 Å². The van der Waals surface area contributed by atoms with Crippen LogP contribution in [0.2, 0.25) is 0 Å². The van der Waals surface area contributed by atoms with Gasteiger partial charge in [0.2, 0.25) is 6.29 Å². The maximum Gasteiger partial charge on any atom is 0.229 e. The summed E-state index contributed by atoms with van der Waals surface area (Å²) in [5, 5.41) is 39.5. The Morgan fingerprint density at radius 3 is 2.35 bits per heavy atom. The quantitative estimate of drug-likeness (QED) is 0.459. The van der Waals surface area contributed by atoms with E-state index in [0.29, 0.717) is 33.6 Å². The van der Waals surface area contributed by atoms with Gasteiger partial charge in [-0.2, -0.15) is 0 Å². The largest absolute Gasteiger partial charge is 0.497 e. The summed E-state index contributed by atoms with van der Waals surface area (Å²) in [6.45, 7) is -0.548. The van der Waals surface area contributed by atoms with Crippen LogP contribution < -0.4 is 14.9 Å². The van der Waals surface area contributed by atoms with Gasteiger partial charge in [-0.3, -0.25) is 4.79 Å². The molecule has 3 aromatic rings. The van der Waals surface area contributed by atoms with Gasteiger partial charge in [0.25, 0.3) is 0 Å². The minimum Gasteiger partial charge on any atom is -0.497 e. The number of ether oxygens (including phenoxy) is 3. The normalized spacial score (nSPS) is 26.0. The molecule has 0 bridgehead atoms. The van der Waals surface area contributed by atoms with E-state index in [0.717, 1.165) is 0 Å². The van der Waals surface area contributed by atoms with Gasteiger partial charge < -0.3 is 39.1 Å². The Kier molecular flexibility index (Phi) is 5.94. The van der Waals surface area contributed by atoms with Crippen LogP contribution in [0.5, 0.6) is 11.5 Å². The van der Waals surface area contributed by atoms with Crippen LogP contribution >= 0.6 is 0 Å². The van der Waals surface area contributed by atoms with E-state index < -0.39 is 37.3 Å². The minimum atomic E-state index is -1.53. The van der Waals surface area contributed by atoms with Gasteiger partial charge in [-0.15, -0.1) is 0 Å². The zero-order chi connectivity index (χ0) is 22.1. The summed E-state index contributed by atoms with van der Waals surface area (Å²) in [4.78, 5) is 12.8. The summed E-state index contributed by atoms with van der Waals surface area (Å²) in [7, 11) is 1.53. The monoisotopic (exact) mass is 430 g/mol. The van der Waals surface area contributed by atoms with Crippen molar-refractivity contribution in [2.24, 2.45) is 0 Å². The van der Waals surface area contributed by atoms with E-state index in [1.54, 1.807) is 42.5 Å². The van der Waals surface area contributed by atoms with E-state index in [1.807, 2.05) is 0 Å². The van der Waals surface area contributed by atoms with Crippen LogP contribution in [0.15, 0.2) is 57.9 Å². The highest BCUT2D eigenvalue weighted by Crippen LogP contribution is 2.27. The lowest BCUT2D eigenvalue weighted by atomic mass is 9.99. The van der Waals surface area contributed by atoms with Crippen molar-refractivity contribution in [2.75, 3.05) is 13.7 Å². The minimum absolute atomic E-state index is 0.202. The first-order valence-corrected chi connectivity index (χ1v) is 9.60. The van der Waals surface area contributed by atoms with Crippen molar-refractivity contribution in [3.05, 3.63) is 59.0 Å². The zero-order valence-electron chi connectivity index (χ0n) is 16.5. The summed E-state index contributed by atoms with van der Waals surface area (Å²) >= 11 is 0. The van der Waals surface area contributed by atoms with Gasteiger partial charge >= 0.3 is 0 Å². The van der Waals surface area contributed by atoms with Crippen LogP contribution in [0.25, 0.3) is 22.1 Å². The summed E-state index contributed by atoms with van der Waals surface area (Å²) in [5.41, 5.74) is 1.16. The lowest BCUT2D eigenvalue weighted by Gasteiger charge is -2.39. The highest BCUT2D eigenvalue weighted by molar-refractivity contribution is 5.82. The number of aliphatic hydroxyl groups excluding tert-OH is 4. The Labute approximate surface area is 176 Å². The summed E-state index contributed by atoms with van der Waals surface area (Å²) in [6.07, 6.45) is -5.49. The number of benzene rings is 2. The topological polar surface area (TPSA) is 139 Å². The van der Waals surface area contributed by atoms with Gasteiger partial charge in [-0.25, -0.2) is 0 Å². The molecule has 1 aliphatic rings. The van der Waals surface area contributed by atoms with Crippen molar-refractivity contribution in [1.29, 1.82) is 0 Å². The predicted molar refractivity (Wildman–Crippen MR) is 109 cm³/mol. The van der Waals surface area contributed by atoms with E-state index in [-0.39, 0.29) is 5.43 Å². The van der Waals surface area contributed by atoms with Gasteiger partial charge in [0.05, 0.1) is 24.7 Å². The Morgan fingerprint density at radius 2 is 1.68 bits per heavy atom. The second-order valence-corrected chi connectivity index (χ2v) is 7.18. The van der Waals surface area contributed by atoms with Gasteiger partial charge in [0.15, 0.2) is 5.43 Å². The number of fused-ring (bicyclic) bond motifs is 1. The first kappa shape index (κ1) is 21.3. The predicted octanol–water partition coefficient (Wildman–Crippen LogP) is 0.647. The molecule has 0 spiro atoms. The van der Waals surface area contributed by atoms with Gasteiger partial charge in [-0.1, -0.05) is 12.1 Å². The fraction of sp³-hybridized carbons (Fsp3) is 0.318. The van der Waals surface area contributed by atoms with Crippen molar-refractivity contribution in [3.8, 4) is 22.6 Å². The molecule has 5 atom stereocenters.